The van der Waals surface area contributed by atoms with Crippen LogP contribution in [0.1, 0.15) is 16.9 Å². The van der Waals surface area contributed by atoms with Gasteiger partial charge in [-0.25, -0.2) is 9.37 Å². The largest absolute Gasteiger partial charge is 0.494 e. The van der Waals surface area contributed by atoms with E-state index in [1.807, 2.05) is 0 Å². The quantitative estimate of drug-likeness (QED) is 0.667. The number of methoxy groups -OCH3 is 1. The Morgan fingerprint density at radius 2 is 2.11 bits per heavy atom. The molecule has 0 aliphatic rings. The van der Waals surface area contributed by atoms with Gasteiger partial charge in [-0.15, -0.1) is 0 Å². The first kappa shape index (κ1) is 21.2. The SMILES string of the molecule is C=C(CCNC(=O)c1ncccc1OC)NC(=O)COc1ccc(Cl)c(F)c1. The summed E-state index contributed by atoms with van der Waals surface area (Å²) in [6.45, 7) is 3.64. The molecule has 0 radical (unpaired) electrons. The zero-order valence-corrected chi connectivity index (χ0v) is 15.9. The molecule has 0 saturated heterocycles. The van der Waals surface area contributed by atoms with Gasteiger partial charge in [-0.05, 0) is 24.3 Å². The number of amides is 2. The fourth-order valence-electron chi connectivity index (χ4n) is 2.15. The van der Waals surface area contributed by atoms with Gasteiger partial charge < -0.3 is 20.1 Å². The summed E-state index contributed by atoms with van der Waals surface area (Å²) in [4.78, 5) is 27.9. The van der Waals surface area contributed by atoms with E-state index in [1.54, 1.807) is 12.1 Å². The lowest BCUT2D eigenvalue weighted by atomic mass is 10.3. The fraction of sp³-hybridized carbons (Fsp3) is 0.211. The van der Waals surface area contributed by atoms with Crippen molar-refractivity contribution >= 4 is 23.4 Å². The second kappa shape index (κ2) is 10.3. The molecule has 28 heavy (non-hydrogen) atoms. The third-order valence-corrected chi connectivity index (χ3v) is 3.80. The van der Waals surface area contributed by atoms with Crippen LogP contribution in [-0.2, 0) is 4.79 Å². The molecular formula is C19H19ClFN3O4. The number of hydrogen-bond acceptors (Lipinski definition) is 5. The third-order valence-electron chi connectivity index (χ3n) is 3.50. The number of benzene rings is 1. The predicted molar refractivity (Wildman–Crippen MR) is 102 cm³/mol. The van der Waals surface area contributed by atoms with E-state index in [1.165, 1.54) is 25.4 Å². The van der Waals surface area contributed by atoms with Crippen molar-refractivity contribution in [1.82, 2.24) is 15.6 Å². The molecule has 0 unspecified atom stereocenters. The van der Waals surface area contributed by atoms with Crippen LogP contribution in [0.4, 0.5) is 4.39 Å². The Morgan fingerprint density at radius 3 is 2.82 bits per heavy atom. The molecule has 148 valence electrons. The first-order valence-electron chi connectivity index (χ1n) is 8.23. The summed E-state index contributed by atoms with van der Waals surface area (Å²) in [5.41, 5.74) is 0.562. The van der Waals surface area contributed by atoms with Gasteiger partial charge >= 0.3 is 0 Å². The molecule has 1 aromatic heterocycles. The minimum absolute atomic E-state index is 0.0319. The number of ether oxygens (including phenoxy) is 2. The van der Waals surface area contributed by atoms with Crippen LogP contribution < -0.4 is 20.1 Å². The maximum atomic E-state index is 13.3. The van der Waals surface area contributed by atoms with Gasteiger partial charge in [0.05, 0.1) is 12.1 Å². The van der Waals surface area contributed by atoms with E-state index < -0.39 is 17.6 Å². The standard InChI is InChI=1S/C19H19ClFN3O4/c1-12(7-9-23-19(26)18-16(27-2)4-3-8-22-18)24-17(25)11-28-13-5-6-14(20)15(21)10-13/h3-6,8,10H,1,7,9,11H2,2H3,(H,23,26)(H,24,25). The second-order valence-corrected chi connectivity index (χ2v) is 5.98. The molecule has 0 saturated carbocycles. The van der Waals surface area contributed by atoms with Gasteiger partial charge in [0.2, 0.25) is 0 Å². The molecule has 2 rings (SSSR count). The van der Waals surface area contributed by atoms with Crippen LogP contribution in [0, 0.1) is 5.82 Å². The molecular weight excluding hydrogens is 389 g/mol. The van der Waals surface area contributed by atoms with Crippen LogP contribution in [-0.4, -0.2) is 37.1 Å². The lowest BCUT2D eigenvalue weighted by Crippen LogP contribution is -2.31. The number of rotatable bonds is 9. The summed E-state index contributed by atoms with van der Waals surface area (Å²) in [5.74, 6) is -0.950. The molecule has 2 N–H and O–H groups in total. The van der Waals surface area contributed by atoms with E-state index in [2.05, 4.69) is 22.2 Å². The van der Waals surface area contributed by atoms with E-state index in [9.17, 15) is 14.0 Å². The van der Waals surface area contributed by atoms with Crippen LogP contribution in [0.25, 0.3) is 0 Å². The van der Waals surface area contributed by atoms with Crippen molar-refractivity contribution in [3.63, 3.8) is 0 Å². The zero-order valence-electron chi connectivity index (χ0n) is 15.1. The van der Waals surface area contributed by atoms with Gasteiger partial charge in [0.25, 0.3) is 11.8 Å². The van der Waals surface area contributed by atoms with Crippen LogP contribution in [0.2, 0.25) is 5.02 Å². The molecule has 0 bridgehead atoms. The Balaban J connectivity index is 1.72. The maximum Gasteiger partial charge on any atom is 0.273 e. The van der Waals surface area contributed by atoms with Crippen LogP contribution in [0.3, 0.4) is 0 Å². The second-order valence-electron chi connectivity index (χ2n) is 5.58. The molecule has 0 fully saturated rings. The molecule has 0 aliphatic heterocycles. The molecule has 0 aliphatic carbocycles. The molecule has 1 heterocycles. The Kier molecular flexibility index (Phi) is 7.76. The lowest BCUT2D eigenvalue weighted by molar-refractivity contribution is -0.122. The van der Waals surface area contributed by atoms with Gasteiger partial charge in [-0.3, -0.25) is 9.59 Å². The molecule has 1 aromatic carbocycles. The van der Waals surface area contributed by atoms with Crippen molar-refractivity contribution in [3.05, 3.63) is 65.3 Å². The van der Waals surface area contributed by atoms with Crippen molar-refractivity contribution in [3.8, 4) is 11.5 Å². The Hall–Kier alpha value is -3.13. The van der Waals surface area contributed by atoms with Crippen LogP contribution in [0.5, 0.6) is 11.5 Å². The number of halogens is 2. The number of pyridine rings is 1. The fourth-order valence-corrected chi connectivity index (χ4v) is 2.27. The van der Waals surface area contributed by atoms with Gasteiger partial charge in [0.1, 0.15) is 17.3 Å². The zero-order chi connectivity index (χ0) is 20.5. The summed E-state index contributed by atoms with van der Waals surface area (Å²) >= 11 is 5.58. The summed E-state index contributed by atoms with van der Waals surface area (Å²) in [6.07, 6.45) is 1.80. The lowest BCUT2D eigenvalue weighted by Gasteiger charge is -2.11. The van der Waals surface area contributed by atoms with Crippen molar-refractivity contribution in [1.29, 1.82) is 0 Å². The Bertz CT molecular complexity index is 876. The minimum Gasteiger partial charge on any atom is -0.494 e. The summed E-state index contributed by atoms with van der Waals surface area (Å²) < 4.78 is 23.6. The molecule has 9 heteroatoms. The molecule has 7 nitrogen and oxygen atoms in total. The number of carbonyl (C=O) groups is 2. The minimum atomic E-state index is -0.635. The van der Waals surface area contributed by atoms with E-state index in [4.69, 9.17) is 21.1 Å². The van der Waals surface area contributed by atoms with E-state index in [0.717, 1.165) is 6.07 Å². The number of aromatic nitrogens is 1. The normalized spacial score (nSPS) is 10.1. The van der Waals surface area contributed by atoms with Gasteiger partial charge in [0.15, 0.2) is 12.3 Å². The van der Waals surface area contributed by atoms with E-state index >= 15 is 0 Å². The molecule has 0 atom stereocenters. The summed E-state index contributed by atoms with van der Waals surface area (Å²) in [5, 5.41) is 5.18. The van der Waals surface area contributed by atoms with Gasteiger partial charge in [-0.2, -0.15) is 0 Å². The third kappa shape index (κ3) is 6.24. The van der Waals surface area contributed by atoms with Crippen LogP contribution >= 0.6 is 11.6 Å². The highest BCUT2D eigenvalue weighted by Gasteiger charge is 2.13. The maximum absolute atomic E-state index is 13.3. The average Bonchev–Trinajstić information content (AvgIpc) is 2.68. The topological polar surface area (TPSA) is 89.5 Å². The summed E-state index contributed by atoms with van der Waals surface area (Å²) in [6, 6.07) is 7.17. The Morgan fingerprint density at radius 1 is 1.32 bits per heavy atom. The van der Waals surface area contributed by atoms with Crippen molar-refractivity contribution in [2.24, 2.45) is 0 Å². The van der Waals surface area contributed by atoms with E-state index in [-0.39, 0.29) is 29.6 Å². The van der Waals surface area contributed by atoms with Gasteiger partial charge in [0, 0.05) is 30.9 Å². The number of hydrogen-bond donors (Lipinski definition) is 2. The number of nitrogens with zero attached hydrogens (tertiary/aromatic N) is 1. The average molecular weight is 408 g/mol. The smallest absolute Gasteiger partial charge is 0.273 e. The first-order chi connectivity index (χ1) is 13.4. The van der Waals surface area contributed by atoms with Gasteiger partial charge in [-0.1, -0.05) is 18.2 Å². The predicted octanol–water partition coefficient (Wildman–Crippen LogP) is 2.71. The highest BCUT2D eigenvalue weighted by atomic mass is 35.5. The molecule has 2 aromatic rings. The number of carbonyl (C=O) groups excluding carboxylic acids is 2. The van der Waals surface area contributed by atoms with Crippen molar-refractivity contribution in [2.75, 3.05) is 20.3 Å². The van der Waals surface area contributed by atoms with Crippen molar-refractivity contribution < 1.29 is 23.5 Å². The molecule has 2 amide bonds. The van der Waals surface area contributed by atoms with Crippen molar-refractivity contribution in [2.45, 2.75) is 6.42 Å². The highest BCUT2D eigenvalue weighted by molar-refractivity contribution is 6.30. The summed E-state index contributed by atoms with van der Waals surface area (Å²) in [7, 11) is 1.45. The highest BCUT2D eigenvalue weighted by Crippen LogP contribution is 2.20. The molecule has 0 spiro atoms. The first-order valence-corrected chi connectivity index (χ1v) is 8.61. The van der Waals surface area contributed by atoms with Crippen LogP contribution in [0.15, 0.2) is 48.8 Å². The number of nitrogens with one attached hydrogen (secondary N) is 2. The van der Waals surface area contributed by atoms with E-state index in [0.29, 0.717) is 17.9 Å². The Labute approximate surface area is 166 Å². The monoisotopic (exact) mass is 407 g/mol.